The number of hydrogen-bond acceptors (Lipinski definition) is 3. The molecule has 0 atom stereocenters. The number of carbonyl (C=O) groups is 1. The zero-order valence-electron chi connectivity index (χ0n) is 10.2. The first kappa shape index (κ1) is 13.4. The highest BCUT2D eigenvalue weighted by Crippen LogP contribution is 2.09. The Morgan fingerprint density at radius 2 is 2.11 bits per heavy atom. The number of benzene rings is 1. The van der Waals surface area contributed by atoms with Gasteiger partial charge in [0.25, 0.3) is 5.91 Å². The summed E-state index contributed by atoms with van der Waals surface area (Å²) in [7, 11) is 1.61. The van der Waals surface area contributed by atoms with Gasteiger partial charge in [0, 0.05) is 13.6 Å². The maximum atomic E-state index is 13.0. The third-order valence-electron chi connectivity index (χ3n) is 2.51. The predicted octanol–water partition coefficient (Wildman–Crippen LogP) is 2.54. The van der Waals surface area contributed by atoms with Gasteiger partial charge in [0.15, 0.2) is 10.8 Å². The summed E-state index contributed by atoms with van der Waals surface area (Å²) in [4.78, 5) is 13.5. The van der Waals surface area contributed by atoms with E-state index in [1.165, 1.54) is 29.2 Å². The molecule has 4 nitrogen and oxygen atoms in total. The zero-order valence-corrected chi connectivity index (χ0v) is 10.9. The Balaban J connectivity index is 2.09. The molecule has 1 aromatic carbocycles. The molecule has 0 N–H and O–H groups in total. The van der Waals surface area contributed by atoms with Crippen molar-refractivity contribution in [1.29, 1.82) is 0 Å². The third-order valence-corrected chi connectivity index (χ3v) is 2.71. The third kappa shape index (κ3) is 3.48. The van der Waals surface area contributed by atoms with Crippen molar-refractivity contribution in [3.8, 4) is 0 Å². The first-order chi connectivity index (χ1) is 9.06. The topological polar surface area (TPSA) is 46.1 Å². The second-order valence-electron chi connectivity index (χ2n) is 4.03. The molecule has 1 heterocycles. The highest BCUT2D eigenvalue weighted by Gasteiger charge is 2.14. The standard InChI is InChI=1S/C13H11ClFN3O/c1-18(8-9-3-2-4-10(15)7-9)13(19)11-5-6-12(14)17-16-11/h2-7H,8H2,1H3. The lowest BCUT2D eigenvalue weighted by Crippen LogP contribution is -2.27. The summed E-state index contributed by atoms with van der Waals surface area (Å²) < 4.78 is 13.0. The van der Waals surface area contributed by atoms with Crippen LogP contribution in [0.5, 0.6) is 0 Å². The van der Waals surface area contributed by atoms with Gasteiger partial charge < -0.3 is 4.90 Å². The van der Waals surface area contributed by atoms with Gasteiger partial charge in [0.1, 0.15) is 5.82 Å². The summed E-state index contributed by atoms with van der Waals surface area (Å²) in [6.07, 6.45) is 0. The average Bonchev–Trinajstić information content (AvgIpc) is 2.39. The van der Waals surface area contributed by atoms with Crippen molar-refractivity contribution in [3.63, 3.8) is 0 Å². The second-order valence-corrected chi connectivity index (χ2v) is 4.42. The smallest absolute Gasteiger partial charge is 0.274 e. The van der Waals surface area contributed by atoms with E-state index < -0.39 is 0 Å². The molecule has 0 aliphatic carbocycles. The van der Waals surface area contributed by atoms with E-state index in [4.69, 9.17) is 11.6 Å². The minimum absolute atomic E-state index is 0.198. The quantitative estimate of drug-likeness (QED) is 0.867. The summed E-state index contributed by atoms with van der Waals surface area (Å²) >= 11 is 5.60. The fourth-order valence-electron chi connectivity index (χ4n) is 1.61. The van der Waals surface area contributed by atoms with Crippen molar-refractivity contribution in [2.75, 3.05) is 7.05 Å². The van der Waals surface area contributed by atoms with E-state index >= 15 is 0 Å². The van der Waals surface area contributed by atoms with Crippen molar-refractivity contribution < 1.29 is 9.18 Å². The Labute approximate surface area is 114 Å². The molecular weight excluding hydrogens is 269 g/mol. The van der Waals surface area contributed by atoms with Crippen LogP contribution in [0.15, 0.2) is 36.4 Å². The fourth-order valence-corrected chi connectivity index (χ4v) is 1.71. The predicted molar refractivity (Wildman–Crippen MR) is 69.2 cm³/mol. The van der Waals surface area contributed by atoms with Gasteiger partial charge in [-0.05, 0) is 29.8 Å². The molecule has 0 fully saturated rings. The Hall–Kier alpha value is -2.01. The largest absolute Gasteiger partial charge is 0.336 e. The normalized spacial score (nSPS) is 10.3. The number of nitrogens with zero attached hydrogens (tertiary/aromatic N) is 3. The molecule has 0 radical (unpaired) electrons. The Morgan fingerprint density at radius 3 is 2.74 bits per heavy atom. The summed E-state index contributed by atoms with van der Waals surface area (Å²) in [5.74, 6) is -0.627. The van der Waals surface area contributed by atoms with Crippen molar-refractivity contribution >= 4 is 17.5 Å². The van der Waals surface area contributed by atoms with Crippen molar-refractivity contribution in [2.24, 2.45) is 0 Å². The van der Waals surface area contributed by atoms with E-state index in [0.717, 1.165) is 0 Å². The van der Waals surface area contributed by atoms with Crippen LogP contribution >= 0.6 is 11.6 Å². The minimum Gasteiger partial charge on any atom is -0.336 e. The van der Waals surface area contributed by atoms with Crippen LogP contribution in [0.25, 0.3) is 0 Å². The number of hydrogen-bond donors (Lipinski definition) is 0. The number of amides is 1. The van der Waals surface area contributed by atoms with Crippen LogP contribution in [0, 0.1) is 5.82 Å². The van der Waals surface area contributed by atoms with Crippen LogP contribution in [-0.4, -0.2) is 28.1 Å². The maximum Gasteiger partial charge on any atom is 0.274 e. The van der Waals surface area contributed by atoms with Crippen molar-refractivity contribution in [1.82, 2.24) is 15.1 Å². The van der Waals surface area contributed by atoms with Crippen LogP contribution in [-0.2, 0) is 6.54 Å². The number of aromatic nitrogens is 2. The lowest BCUT2D eigenvalue weighted by Gasteiger charge is -2.16. The zero-order chi connectivity index (χ0) is 13.8. The van der Waals surface area contributed by atoms with Crippen molar-refractivity contribution in [3.05, 3.63) is 58.6 Å². The molecule has 2 aromatic rings. The molecule has 0 aliphatic heterocycles. The van der Waals surface area contributed by atoms with E-state index in [1.54, 1.807) is 19.2 Å². The Bertz CT molecular complexity index is 589. The molecule has 6 heteroatoms. The maximum absolute atomic E-state index is 13.0. The summed E-state index contributed by atoms with van der Waals surface area (Å²) in [6.45, 7) is 0.293. The average molecular weight is 280 g/mol. The van der Waals surface area contributed by atoms with Gasteiger partial charge in [-0.3, -0.25) is 4.79 Å². The molecule has 1 aromatic heterocycles. The molecule has 0 bridgehead atoms. The number of rotatable bonds is 3. The molecule has 0 unspecified atom stereocenters. The van der Waals surface area contributed by atoms with Gasteiger partial charge in [0.05, 0.1) is 0 Å². The van der Waals surface area contributed by atoms with Gasteiger partial charge in [-0.25, -0.2) is 4.39 Å². The second kappa shape index (κ2) is 5.75. The van der Waals surface area contributed by atoms with Gasteiger partial charge >= 0.3 is 0 Å². The van der Waals surface area contributed by atoms with E-state index in [1.807, 2.05) is 0 Å². The summed E-state index contributed by atoms with van der Waals surface area (Å²) in [6, 6.07) is 9.09. The molecular formula is C13H11ClFN3O. The van der Waals surface area contributed by atoms with E-state index in [-0.39, 0.29) is 22.6 Å². The van der Waals surface area contributed by atoms with Gasteiger partial charge in [-0.1, -0.05) is 23.7 Å². The van der Waals surface area contributed by atoms with Crippen LogP contribution in [0.1, 0.15) is 16.1 Å². The van der Waals surface area contributed by atoms with Crippen molar-refractivity contribution in [2.45, 2.75) is 6.54 Å². The van der Waals surface area contributed by atoms with Crippen LogP contribution in [0.3, 0.4) is 0 Å². The van der Waals surface area contributed by atoms with Gasteiger partial charge in [0.2, 0.25) is 0 Å². The SMILES string of the molecule is CN(Cc1cccc(F)c1)C(=O)c1ccc(Cl)nn1. The molecule has 0 spiro atoms. The Kier molecular flexibility index (Phi) is 4.06. The van der Waals surface area contributed by atoms with E-state index in [9.17, 15) is 9.18 Å². The summed E-state index contributed by atoms with van der Waals surface area (Å²) in [5, 5.41) is 7.55. The highest BCUT2D eigenvalue weighted by molar-refractivity contribution is 6.29. The molecule has 0 saturated heterocycles. The monoisotopic (exact) mass is 279 g/mol. The van der Waals surface area contributed by atoms with Gasteiger partial charge in [-0.15, -0.1) is 10.2 Å². The number of carbonyl (C=O) groups excluding carboxylic acids is 1. The molecule has 0 saturated carbocycles. The van der Waals surface area contributed by atoms with E-state index in [0.29, 0.717) is 12.1 Å². The van der Waals surface area contributed by atoms with Crippen LogP contribution < -0.4 is 0 Å². The molecule has 19 heavy (non-hydrogen) atoms. The molecule has 2 rings (SSSR count). The van der Waals surface area contributed by atoms with E-state index in [2.05, 4.69) is 10.2 Å². The summed E-state index contributed by atoms with van der Waals surface area (Å²) in [5.41, 5.74) is 0.904. The lowest BCUT2D eigenvalue weighted by molar-refractivity contribution is 0.0778. The fraction of sp³-hybridized carbons (Fsp3) is 0.154. The molecule has 1 amide bonds. The van der Waals surface area contributed by atoms with Gasteiger partial charge in [-0.2, -0.15) is 0 Å². The van der Waals surface area contributed by atoms with Crippen LogP contribution in [0.2, 0.25) is 5.15 Å². The molecule has 0 aliphatic rings. The highest BCUT2D eigenvalue weighted by atomic mass is 35.5. The molecule has 98 valence electrons. The minimum atomic E-state index is -0.329. The van der Waals surface area contributed by atoms with Crippen LogP contribution in [0.4, 0.5) is 4.39 Å². The lowest BCUT2D eigenvalue weighted by atomic mass is 10.2. The first-order valence-electron chi connectivity index (χ1n) is 5.55. The first-order valence-corrected chi connectivity index (χ1v) is 5.93. The number of halogens is 2. The Morgan fingerprint density at radius 1 is 1.32 bits per heavy atom.